The van der Waals surface area contributed by atoms with Gasteiger partial charge in [0, 0.05) is 57.0 Å². The third kappa shape index (κ3) is 7.32. The van der Waals surface area contributed by atoms with E-state index >= 15 is 0 Å². The zero-order valence-electron chi connectivity index (χ0n) is 15.8. The van der Waals surface area contributed by atoms with E-state index in [2.05, 4.69) is 10.6 Å². The normalized spacial score (nSPS) is 16.0. The fourth-order valence-corrected chi connectivity index (χ4v) is 3.09. The van der Waals surface area contributed by atoms with E-state index in [1.165, 1.54) is 12.1 Å². The van der Waals surface area contributed by atoms with Crippen molar-refractivity contribution < 1.29 is 14.5 Å². The van der Waals surface area contributed by atoms with Crippen molar-refractivity contribution in [1.29, 1.82) is 0 Å². The average Bonchev–Trinajstić information content (AvgIpc) is 2.69. The van der Waals surface area contributed by atoms with Crippen molar-refractivity contribution >= 4 is 35.6 Å². The number of amides is 2. The lowest BCUT2D eigenvalue weighted by molar-refractivity contribution is -0.384. The standard InChI is InChI=1S/C18H27N5O4.ClH/c19-9-11-21-18(25)14-3-2-12-22(13-14)17(24)4-1-10-20-15-5-7-16(8-6-15)23(26)27;/h5-8,14,20H,1-4,9-13,19H2,(H,21,25);1H. The van der Waals surface area contributed by atoms with Gasteiger partial charge in [-0.05, 0) is 31.4 Å². The Morgan fingerprint density at radius 2 is 1.96 bits per heavy atom. The number of nitro groups is 1. The quantitative estimate of drug-likeness (QED) is 0.319. The SMILES string of the molecule is Cl.NCCNC(=O)C1CCCN(C(=O)CCCNc2ccc([N+](=O)[O-])cc2)C1. The van der Waals surface area contributed by atoms with Crippen LogP contribution in [0.5, 0.6) is 0 Å². The first-order valence-electron chi connectivity index (χ1n) is 9.25. The maximum absolute atomic E-state index is 12.4. The fourth-order valence-electron chi connectivity index (χ4n) is 3.09. The van der Waals surface area contributed by atoms with E-state index in [0.29, 0.717) is 45.6 Å². The third-order valence-corrected chi connectivity index (χ3v) is 4.56. The Kier molecular flexibility index (Phi) is 10.3. The van der Waals surface area contributed by atoms with Crippen LogP contribution in [0.2, 0.25) is 0 Å². The summed E-state index contributed by atoms with van der Waals surface area (Å²) in [6.07, 6.45) is 2.67. The molecule has 28 heavy (non-hydrogen) atoms. The molecule has 1 aromatic carbocycles. The molecule has 1 aliphatic rings. The molecule has 0 aromatic heterocycles. The lowest BCUT2D eigenvalue weighted by Crippen LogP contribution is -2.46. The zero-order chi connectivity index (χ0) is 19.6. The number of carbonyl (C=O) groups is 2. The van der Waals surface area contributed by atoms with Gasteiger partial charge in [-0.25, -0.2) is 0 Å². The van der Waals surface area contributed by atoms with Crippen LogP contribution in [0.3, 0.4) is 0 Å². The van der Waals surface area contributed by atoms with E-state index < -0.39 is 4.92 Å². The lowest BCUT2D eigenvalue weighted by atomic mass is 9.96. The highest BCUT2D eigenvalue weighted by atomic mass is 35.5. The predicted octanol–water partition coefficient (Wildman–Crippen LogP) is 1.52. The molecule has 10 heteroatoms. The van der Waals surface area contributed by atoms with E-state index in [1.54, 1.807) is 17.0 Å². The minimum atomic E-state index is -0.440. The number of nitro benzene ring substituents is 1. The molecular weight excluding hydrogens is 386 g/mol. The van der Waals surface area contributed by atoms with Gasteiger partial charge in [0.2, 0.25) is 11.8 Å². The number of anilines is 1. The molecule has 1 saturated heterocycles. The second kappa shape index (κ2) is 12.1. The topological polar surface area (TPSA) is 131 Å². The van der Waals surface area contributed by atoms with Gasteiger partial charge < -0.3 is 21.3 Å². The third-order valence-electron chi connectivity index (χ3n) is 4.56. The van der Waals surface area contributed by atoms with Crippen molar-refractivity contribution in [3.63, 3.8) is 0 Å². The van der Waals surface area contributed by atoms with Gasteiger partial charge in [0.15, 0.2) is 0 Å². The van der Waals surface area contributed by atoms with Gasteiger partial charge in [0.25, 0.3) is 5.69 Å². The number of rotatable bonds is 9. The van der Waals surface area contributed by atoms with Crippen molar-refractivity contribution in [3.8, 4) is 0 Å². The number of hydrogen-bond donors (Lipinski definition) is 3. The largest absolute Gasteiger partial charge is 0.385 e. The van der Waals surface area contributed by atoms with Gasteiger partial charge in [0.05, 0.1) is 10.8 Å². The maximum atomic E-state index is 12.4. The number of carbonyl (C=O) groups excluding carboxylic acids is 2. The van der Waals surface area contributed by atoms with Crippen LogP contribution in [0.1, 0.15) is 25.7 Å². The summed E-state index contributed by atoms with van der Waals surface area (Å²) in [6.45, 7) is 2.61. The fraction of sp³-hybridized carbons (Fsp3) is 0.556. The van der Waals surface area contributed by atoms with Gasteiger partial charge in [-0.1, -0.05) is 0 Å². The first-order chi connectivity index (χ1) is 13.0. The van der Waals surface area contributed by atoms with Crippen LogP contribution in [0.25, 0.3) is 0 Å². The summed E-state index contributed by atoms with van der Waals surface area (Å²) in [6, 6.07) is 6.18. The number of nitrogens with zero attached hydrogens (tertiary/aromatic N) is 2. The molecule has 0 saturated carbocycles. The van der Waals surface area contributed by atoms with E-state index in [0.717, 1.165) is 18.5 Å². The monoisotopic (exact) mass is 413 g/mol. The van der Waals surface area contributed by atoms with Crippen LogP contribution in [-0.2, 0) is 9.59 Å². The Hall–Kier alpha value is -2.39. The first-order valence-corrected chi connectivity index (χ1v) is 9.25. The van der Waals surface area contributed by atoms with Crippen LogP contribution < -0.4 is 16.4 Å². The number of piperidine rings is 1. The average molecular weight is 414 g/mol. The van der Waals surface area contributed by atoms with Crippen molar-refractivity contribution in [2.45, 2.75) is 25.7 Å². The number of benzene rings is 1. The number of non-ortho nitro benzene ring substituents is 1. The Balaban J connectivity index is 0.00000392. The molecule has 156 valence electrons. The van der Waals surface area contributed by atoms with Crippen molar-refractivity contribution in [1.82, 2.24) is 10.2 Å². The van der Waals surface area contributed by atoms with Gasteiger partial charge in [0.1, 0.15) is 0 Å². The molecule has 1 atom stereocenters. The Labute approximate surface area is 170 Å². The molecule has 4 N–H and O–H groups in total. The first kappa shape index (κ1) is 23.6. The smallest absolute Gasteiger partial charge is 0.269 e. The van der Waals surface area contributed by atoms with E-state index in [4.69, 9.17) is 5.73 Å². The van der Waals surface area contributed by atoms with Crippen molar-refractivity contribution in [2.75, 3.05) is 38.0 Å². The summed E-state index contributed by atoms with van der Waals surface area (Å²) < 4.78 is 0. The number of nitrogens with two attached hydrogens (primary N) is 1. The van der Waals surface area contributed by atoms with E-state index in [9.17, 15) is 19.7 Å². The van der Waals surface area contributed by atoms with Crippen LogP contribution in [0, 0.1) is 16.0 Å². The molecule has 1 aliphatic heterocycles. The summed E-state index contributed by atoms with van der Waals surface area (Å²) in [5.41, 5.74) is 6.22. The molecule has 1 fully saturated rings. The molecule has 9 nitrogen and oxygen atoms in total. The molecule has 1 unspecified atom stereocenters. The summed E-state index contributed by atoms with van der Waals surface area (Å²) >= 11 is 0. The lowest BCUT2D eigenvalue weighted by Gasteiger charge is -2.32. The second-order valence-corrected chi connectivity index (χ2v) is 6.59. The highest BCUT2D eigenvalue weighted by molar-refractivity contribution is 5.85. The van der Waals surface area contributed by atoms with E-state index in [1.807, 2.05) is 0 Å². The summed E-state index contributed by atoms with van der Waals surface area (Å²) in [4.78, 5) is 36.4. The van der Waals surface area contributed by atoms with Gasteiger partial charge in [-0.15, -0.1) is 12.4 Å². The minimum Gasteiger partial charge on any atom is -0.385 e. The van der Waals surface area contributed by atoms with Gasteiger partial charge in [-0.3, -0.25) is 19.7 Å². The van der Waals surface area contributed by atoms with Gasteiger partial charge in [-0.2, -0.15) is 0 Å². The predicted molar refractivity (Wildman–Crippen MR) is 109 cm³/mol. The number of nitrogens with one attached hydrogen (secondary N) is 2. The van der Waals surface area contributed by atoms with E-state index in [-0.39, 0.29) is 35.8 Å². The molecule has 2 rings (SSSR count). The zero-order valence-corrected chi connectivity index (χ0v) is 16.6. The molecule has 0 bridgehead atoms. The molecule has 1 heterocycles. The molecule has 0 aliphatic carbocycles. The Morgan fingerprint density at radius 1 is 1.25 bits per heavy atom. The second-order valence-electron chi connectivity index (χ2n) is 6.59. The van der Waals surface area contributed by atoms with Crippen LogP contribution in [0.4, 0.5) is 11.4 Å². The minimum absolute atomic E-state index is 0. The van der Waals surface area contributed by atoms with Crippen molar-refractivity contribution in [3.05, 3.63) is 34.4 Å². The Morgan fingerprint density at radius 3 is 2.61 bits per heavy atom. The molecule has 0 spiro atoms. The molecule has 1 aromatic rings. The van der Waals surface area contributed by atoms with Gasteiger partial charge >= 0.3 is 0 Å². The number of hydrogen-bond acceptors (Lipinski definition) is 6. The summed E-state index contributed by atoms with van der Waals surface area (Å²) in [5, 5.41) is 16.6. The van der Waals surface area contributed by atoms with Crippen LogP contribution in [0.15, 0.2) is 24.3 Å². The number of halogens is 1. The molecule has 0 radical (unpaired) electrons. The van der Waals surface area contributed by atoms with Crippen molar-refractivity contribution in [2.24, 2.45) is 11.7 Å². The summed E-state index contributed by atoms with van der Waals surface area (Å²) in [7, 11) is 0. The molecule has 2 amide bonds. The number of likely N-dealkylation sites (tertiary alicyclic amines) is 1. The highest BCUT2D eigenvalue weighted by Gasteiger charge is 2.27. The highest BCUT2D eigenvalue weighted by Crippen LogP contribution is 2.18. The van der Waals surface area contributed by atoms with Crippen LogP contribution >= 0.6 is 12.4 Å². The Bertz CT molecular complexity index is 656. The maximum Gasteiger partial charge on any atom is 0.269 e. The molecular formula is C18H28ClN5O4. The summed E-state index contributed by atoms with van der Waals surface area (Å²) in [5.74, 6) is -0.137. The van der Waals surface area contributed by atoms with Crippen LogP contribution in [-0.4, -0.2) is 54.4 Å².